The molecule has 0 bridgehead atoms. The van der Waals surface area contributed by atoms with Crippen LogP contribution >= 0.6 is 0 Å². The molecule has 0 aliphatic carbocycles. The Hall–Kier alpha value is -3.10. The molecule has 8 nitrogen and oxygen atoms in total. The van der Waals surface area contributed by atoms with Gasteiger partial charge in [-0.2, -0.15) is 0 Å². The van der Waals surface area contributed by atoms with Gasteiger partial charge in [-0.3, -0.25) is 14.6 Å². The number of benzene rings is 2. The number of carbonyl (C=O) groups excluding carboxylic acids is 2. The molecule has 8 heteroatoms. The molecule has 1 unspecified atom stereocenters. The lowest BCUT2D eigenvalue weighted by atomic mass is 10.1. The Balaban J connectivity index is 1.34. The van der Waals surface area contributed by atoms with Crippen molar-refractivity contribution >= 4 is 17.7 Å². The van der Waals surface area contributed by atoms with E-state index >= 15 is 0 Å². The molecule has 0 N–H and O–H groups in total. The van der Waals surface area contributed by atoms with E-state index < -0.39 is 5.60 Å². The SMILES string of the molecule is CC(C)(C)OC(=O)N1CCN(C(CC(=O)OCc2ccccc2)CN2CCN(c3ccccc3)CC2)CC1. The van der Waals surface area contributed by atoms with Crippen molar-refractivity contribution in [3.05, 3.63) is 66.2 Å². The average molecular weight is 523 g/mol. The molecule has 2 saturated heterocycles. The number of nitrogens with zero attached hydrogens (tertiary/aromatic N) is 4. The maximum absolute atomic E-state index is 12.9. The van der Waals surface area contributed by atoms with Gasteiger partial charge < -0.3 is 19.3 Å². The lowest BCUT2D eigenvalue weighted by Crippen LogP contribution is -2.57. The van der Waals surface area contributed by atoms with Crippen molar-refractivity contribution in [3.63, 3.8) is 0 Å². The van der Waals surface area contributed by atoms with Gasteiger partial charge >= 0.3 is 12.1 Å². The van der Waals surface area contributed by atoms with Crippen LogP contribution in [-0.2, 0) is 20.9 Å². The molecule has 2 fully saturated rings. The van der Waals surface area contributed by atoms with Crippen molar-refractivity contribution in [2.45, 2.75) is 45.4 Å². The molecule has 2 aromatic carbocycles. The molecule has 0 saturated carbocycles. The van der Waals surface area contributed by atoms with Gasteiger partial charge in [0.1, 0.15) is 12.2 Å². The number of rotatable bonds is 8. The number of carbonyl (C=O) groups is 2. The zero-order chi connectivity index (χ0) is 27.0. The van der Waals surface area contributed by atoms with Crippen LogP contribution in [0.1, 0.15) is 32.8 Å². The van der Waals surface area contributed by atoms with Crippen LogP contribution in [0.5, 0.6) is 0 Å². The smallest absolute Gasteiger partial charge is 0.410 e. The van der Waals surface area contributed by atoms with Crippen molar-refractivity contribution in [1.29, 1.82) is 0 Å². The van der Waals surface area contributed by atoms with E-state index in [1.807, 2.05) is 57.2 Å². The van der Waals surface area contributed by atoms with Crippen LogP contribution in [0.3, 0.4) is 0 Å². The van der Waals surface area contributed by atoms with Gasteiger partial charge in [-0.25, -0.2) is 4.79 Å². The maximum Gasteiger partial charge on any atom is 0.410 e. The average Bonchev–Trinajstić information content (AvgIpc) is 2.92. The van der Waals surface area contributed by atoms with Gasteiger partial charge in [0.15, 0.2) is 0 Å². The Bertz CT molecular complexity index is 1010. The van der Waals surface area contributed by atoms with Crippen molar-refractivity contribution in [3.8, 4) is 0 Å². The van der Waals surface area contributed by atoms with Gasteiger partial charge in [-0.1, -0.05) is 48.5 Å². The van der Waals surface area contributed by atoms with Crippen LogP contribution in [0.15, 0.2) is 60.7 Å². The first-order valence-corrected chi connectivity index (χ1v) is 13.7. The molecule has 206 valence electrons. The van der Waals surface area contributed by atoms with Gasteiger partial charge in [-0.05, 0) is 38.5 Å². The zero-order valence-electron chi connectivity index (χ0n) is 23.1. The molecular weight excluding hydrogens is 480 g/mol. The van der Waals surface area contributed by atoms with E-state index in [1.165, 1.54) is 5.69 Å². The van der Waals surface area contributed by atoms with Crippen LogP contribution in [-0.4, -0.2) is 97.3 Å². The quantitative estimate of drug-likeness (QED) is 0.488. The van der Waals surface area contributed by atoms with Crippen LogP contribution in [0.25, 0.3) is 0 Å². The van der Waals surface area contributed by atoms with E-state index in [2.05, 4.69) is 39.0 Å². The number of para-hydroxylation sites is 1. The van der Waals surface area contributed by atoms with E-state index in [1.54, 1.807) is 4.90 Å². The number of ether oxygens (including phenoxy) is 2. The first-order chi connectivity index (χ1) is 18.3. The molecular formula is C30H42N4O4. The molecule has 4 rings (SSSR count). The fourth-order valence-electron chi connectivity index (χ4n) is 5.02. The second kappa shape index (κ2) is 13.1. The van der Waals surface area contributed by atoms with Gasteiger partial charge in [0.25, 0.3) is 0 Å². The largest absolute Gasteiger partial charge is 0.461 e. The van der Waals surface area contributed by atoms with Gasteiger partial charge in [-0.15, -0.1) is 0 Å². The first-order valence-electron chi connectivity index (χ1n) is 13.7. The molecule has 0 aromatic heterocycles. The van der Waals surface area contributed by atoms with Gasteiger partial charge in [0.2, 0.25) is 0 Å². The fraction of sp³-hybridized carbons (Fsp3) is 0.533. The van der Waals surface area contributed by atoms with Gasteiger partial charge in [0.05, 0.1) is 6.42 Å². The maximum atomic E-state index is 12.9. The van der Waals surface area contributed by atoms with E-state index in [4.69, 9.17) is 9.47 Å². The van der Waals surface area contributed by atoms with E-state index in [-0.39, 0.29) is 24.7 Å². The predicted molar refractivity (Wildman–Crippen MR) is 149 cm³/mol. The van der Waals surface area contributed by atoms with Crippen molar-refractivity contribution in [1.82, 2.24) is 14.7 Å². The normalized spacial score (nSPS) is 18.2. The fourth-order valence-corrected chi connectivity index (χ4v) is 5.02. The Morgan fingerprint density at radius 3 is 2.03 bits per heavy atom. The summed E-state index contributed by atoms with van der Waals surface area (Å²) in [5.74, 6) is -0.184. The summed E-state index contributed by atoms with van der Waals surface area (Å²) in [5, 5.41) is 0. The van der Waals surface area contributed by atoms with Crippen molar-refractivity contribution in [2.75, 3.05) is 63.8 Å². The molecule has 1 atom stereocenters. The Morgan fingerprint density at radius 2 is 1.42 bits per heavy atom. The highest BCUT2D eigenvalue weighted by molar-refractivity contribution is 5.70. The number of piperazine rings is 2. The van der Waals surface area contributed by atoms with Crippen LogP contribution in [0, 0.1) is 0 Å². The lowest BCUT2D eigenvalue weighted by Gasteiger charge is -2.42. The van der Waals surface area contributed by atoms with Gasteiger partial charge in [0, 0.05) is 70.6 Å². The number of esters is 1. The third kappa shape index (κ3) is 8.46. The molecule has 1 amide bonds. The van der Waals surface area contributed by atoms with Crippen molar-refractivity contribution in [2.24, 2.45) is 0 Å². The monoisotopic (exact) mass is 522 g/mol. The predicted octanol–water partition coefficient (Wildman–Crippen LogP) is 3.86. The zero-order valence-corrected chi connectivity index (χ0v) is 23.1. The highest BCUT2D eigenvalue weighted by Crippen LogP contribution is 2.19. The summed E-state index contributed by atoms with van der Waals surface area (Å²) >= 11 is 0. The summed E-state index contributed by atoms with van der Waals surface area (Å²) in [5.41, 5.74) is 1.73. The Kier molecular flexibility index (Phi) is 9.63. The first kappa shape index (κ1) is 27.9. The Morgan fingerprint density at radius 1 is 0.816 bits per heavy atom. The third-order valence-corrected chi connectivity index (χ3v) is 7.09. The minimum atomic E-state index is -0.513. The van der Waals surface area contributed by atoms with Crippen molar-refractivity contribution < 1.29 is 19.1 Å². The number of anilines is 1. The number of hydrogen-bond acceptors (Lipinski definition) is 7. The van der Waals surface area contributed by atoms with Crippen LogP contribution < -0.4 is 4.90 Å². The second-order valence-electron chi connectivity index (χ2n) is 11.1. The summed E-state index contributed by atoms with van der Waals surface area (Å²) < 4.78 is 11.2. The Labute approximate surface area is 227 Å². The third-order valence-electron chi connectivity index (χ3n) is 7.09. The highest BCUT2D eigenvalue weighted by Gasteiger charge is 2.32. The molecule has 2 aromatic rings. The number of hydrogen-bond donors (Lipinski definition) is 0. The number of amides is 1. The standard InChI is InChI=1S/C30H42N4O4/c1-30(2,3)38-29(36)34-20-18-33(19-21-34)27(22-28(35)37-24-25-10-6-4-7-11-25)23-31-14-16-32(17-15-31)26-12-8-5-9-13-26/h4-13,27H,14-24H2,1-3H3. The topological polar surface area (TPSA) is 65.6 Å². The molecule has 0 radical (unpaired) electrons. The molecule has 2 aliphatic heterocycles. The second-order valence-corrected chi connectivity index (χ2v) is 11.1. The molecule has 38 heavy (non-hydrogen) atoms. The lowest BCUT2D eigenvalue weighted by molar-refractivity contribution is -0.146. The van der Waals surface area contributed by atoms with Crippen LogP contribution in [0.4, 0.5) is 10.5 Å². The minimum Gasteiger partial charge on any atom is -0.461 e. The highest BCUT2D eigenvalue weighted by atomic mass is 16.6. The summed E-state index contributed by atoms with van der Waals surface area (Å²) in [6.45, 7) is 13.2. The molecule has 2 heterocycles. The van der Waals surface area contributed by atoms with E-state index in [0.29, 0.717) is 32.6 Å². The molecule has 0 spiro atoms. The minimum absolute atomic E-state index is 0.0299. The summed E-state index contributed by atoms with van der Waals surface area (Å²) in [6.07, 6.45) is 0.0612. The summed E-state index contributed by atoms with van der Waals surface area (Å²) in [7, 11) is 0. The molecule has 2 aliphatic rings. The van der Waals surface area contributed by atoms with E-state index in [0.717, 1.165) is 38.3 Å². The van der Waals surface area contributed by atoms with E-state index in [9.17, 15) is 9.59 Å². The van der Waals surface area contributed by atoms with Crippen LogP contribution in [0.2, 0.25) is 0 Å². The summed E-state index contributed by atoms with van der Waals surface area (Å²) in [6, 6.07) is 20.3. The summed E-state index contributed by atoms with van der Waals surface area (Å²) in [4.78, 5) is 34.4.